The maximum atomic E-state index is 11.9. The number of nitrogen functional groups attached to an aromatic ring is 1. The van der Waals surface area contributed by atoms with Crippen LogP contribution in [0.4, 0.5) is 11.5 Å². The van der Waals surface area contributed by atoms with E-state index in [4.69, 9.17) is 5.73 Å². The zero-order valence-corrected chi connectivity index (χ0v) is 11.4. The van der Waals surface area contributed by atoms with Crippen molar-refractivity contribution in [3.8, 4) is 0 Å². The van der Waals surface area contributed by atoms with Crippen molar-refractivity contribution in [2.45, 2.75) is 26.4 Å². The summed E-state index contributed by atoms with van der Waals surface area (Å²) in [7, 11) is 0. The van der Waals surface area contributed by atoms with E-state index >= 15 is 0 Å². The number of aromatic amines is 2. The second kappa shape index (κ2) is 5.60. The number of para-hydroxylation sites is 1. The van der Waals surface area contributed by atoms with Gasteiger partial charge in [0.15, 0.2) is 0 Å². The summed E-state index contributed by atoms with van der Waals surface area (Å²) < 4.78 is 0. The average molecular weight is 275 g/mol. The van der Waals surface area contributed by atoms with Crippen molar-refractivity contribution < 1.29 is 0 Å². The largest absolute Gasteiger partial charge is 0.398 e. The van der Waals surface area contributed by atoms with Gasteiger partial charge in [0.2, 0.25) is 5.82 Å². The number of hydrogen-bond donors (Lipinski definition) is 3. The Morgan fingerprint density at radius 3 is 2.60 bits per heavy atom. The summed E-state index contributed by atoms with van der Waals surface area (Å²) in [6, 6.07) is 7.45. The minimum atomic E-state index is -0.623. The second-order valence-electron chi connectivity index (χ2n) is 4.75. The Kier molecular flexibility index (Phi) is 3.88. The van der Waals surface area contributed by atoms with Crippen LogP contribution in [0.5, 0.6) is 0 Å². The monoisotopic (exact) mass is 275 g/mol. The first kappa shape index (κ1) is 13.9. The number of anilines is 2. The van der Waals surface area contributed by atoms with Crippen LogP contribution in [-0.4, -0.2) is 21.2 Å². The number of benzene rings is 1. The molecule has 7 nitrogen and oxygen atoms in total. The first-order valence-electron chi connectivity index (χ1n) is 6.28. The van der Waals surface area contributed by atoms with Crippen molar-refractivity contribution in [1.29, 1.82) is 0 Å². The second-order valence-corrected chi connectivity index (χ2v) is 4.75. The summed E-state index contributed by atoms with van der Waals surface area (Å²) >= 11 is 0. The van der Waals surface area contributed by atoms with Gasteiger partial charge >= 0.3 is 5.69 Å². The maximum Gasteiger partial charge on any atom is 0.342 e. The lowest BCUT2D eigenvalue weighted by Crippen LogP contribution is -2.38. The molecule has 2 rings (SSSR count). The van der Waals surface area contributed by atoms with E-state index in [0.29, 0.717) is 12.2 Å². The predicted octanol–water partition coefficient (Wildman–Crippen LogP) is 0.455. The van der Waals surface area contributed by atoms with Crippen LogP contribution in [0.15, 0.2) is 33.9 Å². The maximum absolute atomic E-state index is 11.9. The van der Waals surface area contributed by atoms with Crippen molar-refractivity contribution in [3.63, 3.8) is 0 Å². The SMILES string of the molecule is CC(C)N(Cc1ccccc1N)c1n[nH]c(=O)[nH]c1=O. The van der Waals surface area contributed by atoms with E-state index in [2.05, 4.69) is 15.2 Å². The van der Waals surface area contributed by atoms with Crippen LogP contribution < -0.4 is 21.9 Å². The molecule has 2 aromatic rings. The third-order valence-corrected chi connectivity index (χ3v) is 2.98. The molecule has 20 heavy (non-hydrogen) atoms. The fraction of sp³-hybridized carbons (Fsp3) is 0.308. The van der Waals surface area contributed by atoms with Crippen LogP contribution in [0.2, 0.25) is 0 Å². The lowest BCUT2D eigenvalue weighted by molar-refractivity contribution is 0.655. The number of nitrogens with zero attached hydrogens (tertiary/aromatic N) is 2. The normalized spacial score (nSPS) is 10.8. The highest BCUT2D eigenvalue weighted by Crippen LogP contribution is 2.17. The van der Waals surface area contributed by atoms with Gasteiger partial charge in [-0.2, -0.15) is 0 Å². The molecule has 0 unspecified atom stereocenters. The first-order chi connectivity index (χ1) is 9.49. The van der Waals surface area contributed by atoms with Gasteiger partial charge in [0.05, 0.1) is 0 Å². The van der Waals surface area contributed by atoms with E-state index in [9.17, 15) is 9.59 Å². The summed E-state index contributed by atoms with van der Waals surface area (Å²) in [6.45, 7) is 4.31. The average Bonchev–Trinajstić information content (AvgIpc) is 2.38. The third-order valence-electron chi connectivity index (χ3n) is 2.98. The Labute approximate surface area is 115 Å². The van der Waals surface area contributed by atoms with Gasteiger partial charge < -0.3 is 10.6 Å². The Morgan fingerprint density at radius 2 is 2.00 bits per heavy atom. The summed E-state index contributed by atoms with van der Waals surface area (Å²) in [4.78, 5) is 26.8. The summed E-state index contributed by atoms with van der Waals surface area (Å²) in [6.07, 6.45) is 0. The van der Waals surface area contributed by atoms with E-state index < -0.39 is 11.2 Å². The van der Waals surface area contributed by atoms with Crippen molar-refractivity contribution in [2.75, 3.05) is 10.6 Å². The van der Waals surface area contributed by atoms with E-state index in [-0.39, 0.29) is 11.9 Å². The Morgan fingerprint density at radius 1 is 1.30 bits per heavy atom. The summed E-state index contributed by atoms with van der Waals surface area (Å²) in [5, 5.41) is 6.07. The van der Waals surface area contributed by atoms with Crippen molar-refractivity contribution in [2.24, 2.45) is 0 Å². The molecule has 0 amide bonds. The van der Waals surface area contributed by atoms with Gasteiger partial charge in [0.1, 0.15) is 0 Å². The zero-order valence-electron chi connectivity index (χ0n) is 11.4. The number of nitrogens with two attached hydrogens (primary N) is 1. The van der Waals surface area contributed by atoms with Crippen LogP contribution in [-0.2, 0) is 6.54 Å². The Bertz CT molecular complexity index is 704. The van der Waals surface area contributed by atoms with Crippen LogP contribution >= 0.6 is 0 Å². The van der Waals surface area contributed by atoms with Crippen molar-refractivity contribution in [1.82, 2.24) is 15.2 Å². The smallest absolute Gasteiger partial charge is 0.342 e. The van der Waals surface area contributed by atoms with Gasteiger partial charge in [-0.15, -0.1) is 5.10 Å². The Hall–Kier alpha value is -2.57. The fourth-order valence-corrected chi connectivity index (χ4v) is 1.90. The highest BCUT2D eigenvalue weighted by atomic mass is 16.2. The molecule has 7 heteroatoms. The van der Waals surface area contributed by atoms with Gasteiger partial charge in [0.25, 0.3) is 5.56 Å². The van der Waals surface area contributed by atoms with Crippen LogP contribution in [0.25, 0.3) is 0 Å². The molecule has 0 aliphatic rings. The molecule has 0 aliphatic carbocycles. The van der Waals surface area contributed by atoms with Crippen molar-refractivity contribution in [3.05, 3.63) is 50.7 Å². The van der Waals surface area contributed by atoms with Gasteiger partial charge in [-0.3, -0.25) is 9.78 Å². The van der Waals surface area contributed by atoms with E-state index in [0.717, 1.165) is 5.56 Å². The number of H-pyrrole nitrogens is 2. The van der Waals surface area contributed by atoms with E-state index in [1.807, 2.05) is 32.0 Å². The van der Waals surface area contributed by atoms with Gasteiger partial charge in [-0.25, -0.2) is 9.89 Å². The molecular formula is C13H17N5O2. The molecule has 0 saturated heterocycles. The molecule has 0 spiro atoms. The van der Waals surface area contributed by atoms with Gasteiger partial charge in [0, 0.05) is 18.3 Å². The fourth-order valence-electron chi connectivity index (χ4n) is 1.90. The molecule has 4 N–H and O–H groups in total. The van der Waals surface area contributed by atoms with Gasteiger partial charge in [-0.05, 0) is 25.5 Å². The lowest BCUT2D eigenvalue weighted by Gasteiger charge is -2.27. The molecule has 0 saturated carbocycles. The summed E-state index contributed by atoms with van der Waals surface area (Å²) in [5.41, 5.74) is 6.33. The van der Waals surface area contributed by atoms with Crippen LogP contribution in [0, 0.1) is 0 Å². The van der Waals surface area contributed by atoms with Crippen molar-refractivity contribution >= 4 is 11.5 Å². The number of nitrogens with one attached hydrogen (secondary N) is 2. The highest BCUT2D eigenvalue weighted by molar-refractivity contribution is 5.49. The minimum Gasteiger partial charge on any atom is -0.398 e. The highest BCUT2D eigenvalue weighted by Gasteiger charge is 2.17. The quantitative estimate of drug-likeness (QED) is 0.702. The molecule has 0 atom stereocenters. The summed E-state index contributed by atoms with van der Waals surface area (Å²) in [5.74, 6) is 0.169. The molecule has 1 aromatic carbocycles. The molecule has 1 heterocycles. The zero-order chi connectivity index (χ0) is 14.7. The molecule has 106 valence electrons. The first-order valence-corrected chi connectivity index (χ1v) is 6.28. The lowest BCUT2D eigenvalue weighted by atomic mass is 10.1. The molecular weight excluding hydrogens is 258 g/mol. The molecule has 0 fully saturated rings. The molecule has 1 aromatic heterocycles. The van der Waals surface area contributed by atoms with Crippen LogP contribution in [0.3, 0.4) is 0 Å². The minimum absolute atomic E-state index is 0.0223. The molecule has 0 aliphatic heterocycles. The Balaban J connectivity index is 2.40. The van der Waals surface area contributed by atoms with E-state index in [1.165, 1.54) is 0 Å². The predicted molar refractivity (Wildman–Crippen MR) is 77.7 cm³/mol. The van der Waals surface area contributed by atoms with Gasteiger partial charge in [-0.1, -0.05) is 18.2 Å². The van der Waals surface area contributed by atoms with E-state index in [1.54, 1.807) is 11.0 Å². The van der Waals surface area contributed by atoms with Crippen LogP contribution in [0.1, 0.15) is 19.4 Å². The number of hydrogen-bond acceptors (Lipinski definition) is 5. The third kappa shape index (κ3) is 2.87. The topological polar surface area (TPSA) is 108 Å². The molecule has 0 bridgehead atoms. The standard InChI is InChI=1S/C13H17N5O2/c1-8(2)18(7-9-5-3-4-6-10(9)14)11-12(19)15-13(20)17-16-11/h3-6,8H,7,14H2,1-2H3,(H2,15,17,19,20). The molecule has 0 radical (unpaired) electrons. The number of aromatic nitrogens is 3. The number of rotatable bonds is 4.